The van der Waals surface area contributed by atoms with Gasteiger partial charge in [-0.05, 0) is 79.6 Å². The van der Waals surface area contributed by atoms with Crippen LogP contribution in [0.5, 0.6) is 0 Å². The van der Waals surface area contributed by atoms with Crippen molar-refractivity contribution >= 4 is 43.7 Å². The molecular weight excluding hydrogens is 474 g/mol. The van der Waals surface area contributed by atoms with Gasteiger partial charge in [-0.15, -0.1) is 0 Å². The predicted molar refractivity (Wildman–Crippen MR) is 164 cm³/mol. The van der Waals surface area contributed by atoms with Crippen LogP contribution >= 0.6 is 0 Å². The quantitative estimate of drug-likeness (QED) is 0.249. The zero-order chi connectivity index (χ0) is 26.1. The van der Waals surface area contributed by atoms with E-state index < -0.39 is 0 Å². The molecular formula is C36H27N3. The molecule has 0 aliphatic rings. The van der Waals surface area contributed by atoms with Gasteiger partial charge in [-0.2, -0.15) is 0 Å². The van der Waals surface area contributed by atoms with Gasteiger partial charge in [-0.25, -0.2) is 0 Å². The fourth-order valence-corrected chi connectivity index (χ4v) is 6.10. The van der Waals surface area contributed by atoms with E-state index in [0.717, 1.165) is 5.69 Å². The largest absolute Gasteiger partial charge is 0.359 e. The van der Waals surface area contributed by atoms with E-state index in [0.29, 0.717) is 0 Å². The summed E-state index contributed by atoms with van der Waals surface area (Å²) in [4.78, 5) is 3.51. The van der Waals surface area contributed by atoms with Crippen molar-refractivity contribution in [3.8, 4) is 22.5 Å². The van der Waals surface area contributed by atoms with Gasteiger partial charge in [0.2, 0.25) is 0 Å². The van der Waals surface area contributed by atoms with Gasteiger partial charge in [0.1, 0.15) is 0 Å². The molecule has 3 heteroatoms. The molecule has 5 aromatic carbocycles. The molecule has 3 aromatic heterocycles. The van der Waals surface area contributed by atoms with Gasteiger partial charge in [-0.3, -0.25) is 0 Å². The van der Waals surface area contributed by atoms with Crippen LogP contribution < -0.4 is 0 Å². The van der Waals surface area contributed by atoms with E-state index in [1.54, 1.807) is 0 Å². The van der Waals surface area contributed by atoms with E-state index in [1.165, 1.54) is 71.7 Å². The highest BCUT2D eigenvalue weighted by Crippen LogP contribution is 2.37. The van der Waals surface area contributed by atoms with Gasteiger partial charge in [0.25, 0.3) is 0 Å². The van der Waals surface area contributed by atoms with Crippen LogP contribution in [0.25, 0.3) is 66.2 Å². The van der Waals surface area contributed by atoms with Crippen molar-refractivity contribution in [3.05, 3.63) is 133 Å². The van der Waals surface area contributed by atoms with E-state index >= 15 is 0 Å². The smallest absolute Gasteiger partial charge is 0.0720 e. The SMILES string of the molecule is Cc1ccc(-c2ccc3c(c2)c2[nH]ccc2n3-c2ccc3c(c2)c2ccccc2n3-c2ccc(C)cc2)cc1. The zero-order valence-corrected chi connectivity index (χ0v) is 21.9. The Morgan fingerprint density at radius 3 is 1.90 bits per heavy atom. The fourth-order valence-electron chi connectivity index (χ4n) is 6.10. The van der Waals surface area contributed by atoms with Gasteiger partial charge in [0.15, 0.2) is 0 Å². The molecule has 0 aliphatic heterocycles. The lowest BCUT2D eigenvalue weighted by Gasteiger charge is -2.10. The van der Waals surface area contributed by atoms with Crippen LogP contribution in [0.4, 0.5) is 0 Å². The van der Waals surface area contributed by atoms with E-state index in [9.17, 15) is 0 Å². The molecule has 8 aromatic rings. The van der Waals surface area contributed by atoms with Crippen molar-refractivity contribution in [3.63, 3.8) is 0 Å². The van der Waals surface area contributed by atoms with Crippen LogP contribution in [-0.2, 0) is 0 Å². The number of fused-ring (bicyclic) bond motifs is 6. The summed E-state index contributed by atoms with van der Waals surface area (Å²) in [5.41, 5.74) is 13.3. The minimum atomic E-state index is 1.16. The molecule has 8 rings (SSSR count). The molecule has 0 aliphatic carbocycles. The number of aryl methyl sites for hydroxylation is 2. The summed E-state index contributed by atoms with van der Waals surface area (Å²) < 4.78 is 4.76. The molecule has 186 valence electrons. The molecule has 0 bridgehead atoms. The summed E-state index contributed by atoms with van der Waals surface area (Å²) >= 11 is 0. The van der Waals surface area contributed by atoms with Crippen LogP contribution in [-0.4, -0.2) is 14.1 Å². The molecule has 0 atom stereocenters. The summed E-state index contributed by atoms with van der Waals surface area (Å²) in [7, 11) is 0. The van der Waals surface area contributed by atoms with Crippen LogP contribution in [0.3, 0.4) is 0 Å². The van der Waals surface area contributed by atoms with Crippen molar-refractivity contribution in [2.24, 2.45) is 0 Å². The average Bonchev–Trinajstić information content (AvgIpc) is 3.65. The molecule has 0 amide bonds. The second-order valence-electron chi connectivity index (χ2n) is 10.6. The molecule has 0 saturated heterocycles. The molecule has 3 heterocycles. The van der Waals surface area contributed by atoms with E-state index in [2.05, 4.69) is 143 Å². The molecule has 0 fully saturated rings. The first-order chi connectivity index (χ1) is 19.2. The Bertz CT molecular complexity index is 2170. The van der Waals surface area contributed by atoms with Crippen LogP contribution in [0.15, 0.2) is 121 Å². The van der Waals surface area contributed by atoms with Gasteiger partial charge in [0.05, 0.1) is 27.6 Å². The van der Waals surface area contributed by atoms with E-state index in [-0.39, 0.29) is 0 Å². The standard InChI is InChI=1S/C36H27N3/c1-23-7-11-25(12-8-23)26-13-17-34-31(21-26)36-35(19-20-37-36)39(34)28-16-18-33-30(22-28)29-5-3-4-6-32(29)38(33)27-14-9-24(2)10-15-27/h3-22,37H,1-2H3. The van der Waals surface area contributed by atoms with Gasteiger partial charge in [0, 0.05) is 33.7 Å². The maximum Gasteiger partial charge on any atom is 0.0720 e. The Morgan fingerprint density at radius 1 is 0.462 bits per heavy atom. The number of hydrogen-bond donors (Lipinski definition) is 1. The maximum absolute atomic E-state index is 3.51. The van der Waals surface area contributed by atoms with Crippen molar-refractivity contribution in [2.45, 2.75) is 13.8 Å². The molecule has 0 radical (unpaired) electrons. The van der Waals surface area contributed by atoms with E-state index in [4.69, 9.17) is 0 Å². The Balaban J connectivity index is 1.37. The average molecular weight is 502 g/mol. The van der Waals surface area contributed by atoms with Gasteiger partial charge >= 0.3 is 0 Å². The molecule has 3 nitrogen and oxygen atoms in total. The second-order valence-corrected chi connectivity index (χ2v) is 10.6. The highest BCUT2D eigenvalue weighted by molar-refractivity contribution is 6.12. The second kappa shape index (κ2) is 8.24. The Morgan fingerprint density at radius 2 is 1.08 bits per heavy atom. The third kappa shape index (κ3) is 3.30. The minimum absolute atomic E-state index is 1.16. The van der Waals surface area contributed by atoms with Crippen LogP contribution in [0, 0.1) is 13.8 Å². The fraction of sp³-hybridized carbons (Fsp3) is 0.0556. The molecule has 39 heavy (non-hydrogen) atoms. The third-order valence-corrected chi connectivity index (χ3v) is 8.06. The Kier molecular flexibility index (Phi) is 4.65. The van der Waals surface area contributed by atoms with Crippen molar-refractivity contribution in [1.82, 2.24) is 14.1 Å². The highest BCUT2D eigenvalue weighted by Gasteiger charge is 2.17. The summed E-state index contributed by atoms with van der Waals surface area (Å²) in [5.74, 6) is 0. The number of H-pyrrole nitrogens is 1. The molecule has 0 spiro atoms. The normalized spacial score (nSPS) is 11.8. The van der Waals surface area contributed by atoms with Crippen molar-refractivity contribution in [2.75, 3.05) is 0 Å². The summed E-state index contributed by atoms with van der Waals surface area (Å²) in [5, 5.41) is 3.75. The van der Waals surface area contributed by atoms with Crippen molar-refractivity contribution in [1.29, 1.82) is 0 Å². The number of para-hydroxylation sites is 1. The Hall–Kier alpha value is -5.02. The molecule has 1 N–H and O–H groups in total. The number of aromatic amines is 1. The maximum atomic E-state index is 3.51. The first kappa shape index (κ1) is 22.0. The van der Waals surface area contributed by atoms with E-state index in [1.807, 2.05) is 6.20 Å². The summed E-state index contributed by atoms with van der Waals surface area (Å²) in [6, 6.07) is 42.2. The number of aromatic nitrogens is 3. The minimum Gasteiger partial charge on any atom is -0.359 e. The van der Waals surface area contributed by atoms with Crippen LogP contribution in [0.1, 0.15) is 11.1 Å². The number of benzene rings is 5. The lowest BCUT2D eigenvalue weighted by molar-refractivity contribution is 1.16. The number of rotatable bonds is 3. The summed E-state index contributed by atoms with van der Waals surface area (Å²) in [6.45, 7) is 4.26. The number of hydrogen-bond acceptors (Lipinski definition) is 0. The highest BCUT2D eigenvalue weighted by atomic mass is 15.0. The lowest BCUT2D eigenvalue weighted by Crippen LogP contribution is -1.95. The predicted octanol–water partition coefficient (Wildman–Crippen LogP) is 9.49. The van der Waals surface area contributed by atoms with Crippen LogP contribution in [0.2, 0.25) is 0 Å². The topological polar surface area (TPSA) is 25.6 Å². The first-order valence-corrected chi connectivity index (χ1v) is 13.4. The number of nitrogens with one attached hydrogen (secondary N) is 1. The van der Waals surface area contributed by atoms with Gasteiger partial charge < -0.3 is 14.1 Å². The third-order valence-electron chi connectivity index (χ3n) is 8.06. The zero-order valence-electron chi connectivity index (χ0n) is 21.9. The monoisotopic (exact) mass is 501 g/mol. The molecule has 0 unspecified atom stereocenters. The van der Waals surface area contributed by atoms with Gasteiger partial charge in [-0.1, -0.05) is 71.8 Å². The molecule has 0 saturated carbocycles. The summed E-state index contributed by atoms with van der Waals surface area (Å²) in [6.07, 6.45) is 2.04. The number of nitrogens with zero attached hydrogens (tertiary/aromatic N) is 2. The first-order valence-electron chi connectivity index (χ1n) is 13.4. The lowest BCUT2D eigenvalue weighted by atomic mass is 10.0. The Labute approximate surface area is 226 Å². The van der Waals surface area contributed by atoms with Crippen molar-refractivity contribution < 1.29 is 0 Å².